The van der Waals surface area contributed by atoms with Crippen molar-refractivity contribution >= 4 is 56.6 Å². The highest BCUT2D eigenvalue weighted by Crippen LogP contribution is 2.25. The van der Waals surface area contributed by atoms with E-state index in [1.54, 1.807) is 67.2 Å². The van der Waals surface area contributed by atoms with Crippen LogP contribution in [0.1, 0.15) is 21.5 Å². The first kappa shape index (κ1) is 24.5. The summed E-state index contributed by atoms with van der Waals surface area (Å²) < 4.78 is 27.8. The fraction of sp³-hybridized carbons (Fsp3) is 0.174. The molecule has 0 saturated carbocycles. The van der Waals surface area contributed by atoms with Crippen molar-refractivity contribution in [1.29, 1.82) is 0 Å². The van der Waals surface area contributed by atoms with E-state index in [2.05, 4.69) is 10.0 Å². The average Bonchev–Trinajstić information content (AvgIpc) is 2.76. The van der Waals surface area contributed by atoms with Gasteiger partial charge in [-0.3, -0.25) is 9.52 Å². The maximum absolute atomic E-state index is 12.6. The summed E-state index contributed by atoms with van der Waals surface area (Å²) in [6, 6.07) is 18.5. The second kappa shape index (κ2) is 11.1. The van der Waals surface area contributed by atoms with Crippen LogP contribution in [-0.4, -0.2) is 26.6 Å². The predicted molar refractivity (Wildman–Crippen MR) is 133 cm³/mol. The number of anilines is 1. The van der Waals surface area contributed by atoms with Gasteiger partial charge in [0.15, 0.2) is 0 Å². The van der Waals surface area contributed by atoms with Gasteiger partial charge in [0.05, 0.1) is 10.6 Å². The SMILES string of the molecule is Cc1c(NS(=O)(=O)c2ccccc2)cccc1C(=O)NCCSCc1ccc(Cl)cc1Cl. The summed E-state index contributed by atoms with van der Waals surface area (Å²) in [7, 11) is -3.74. The van der Waals surface area contributed by atoms with Gasteiger partial charge >= 0.3 is 0 Å². The first-order valence-corrected chi connectivity index (χ1v) is 13.1. The molecular weight excluding hydrogens is 487 g/mol. The summed E-state index contributed by atoms with van der Waals surface area (Å²) in [6.07, 6.45) is 0. The Morgan fingerprint density at radius 3 is 2.47 bits per heavy atom. The molecule has 1 amide bonds. The third-order valence-electron chi connectivity index (χ3n) is 4.68. The van der Waals surface area contributed by atoms with E-state index in [0.717, 1.165) is 5.56 Å². The minimum atomic E-state index is -3.74. The van der Waals surface area contributed by atoms with Crippen molar-refractivity contribution in [2.24, 2.45) is 0 Å². The monoisotopic (exact) mass is 508 g/mol. The van der Waals surface area contributed by atoms with Crippen LogP contribution < -0.4 is 10.0 Å². The molecule has 5 nitrogen and oxygen atoms in total. The second-order valence-electron chi connectivity index (χ2n) is 6.94. The minimum Gasteiger partial charge on any atom is -0.351 e. The van der Waals surface area contributed by atoms with E-state index in [4.69, 9.17) is 23.2 Å². The highest BCUT2D eigenvalue weighted by atomic mass is 35.5. The molecule has 0 aliphatic carbocycles. The Hall–Kier alpha value is -2.19. The molecule has 0 aliphatic heterocycles. The Balaban J connectivity index is 1.57. The van der Waals surface area contributed by atoms with Crippen LogP contribution in [0.15, 0.2) is 71.6 Å². The first-order chi connectivity index (χ1) is 15.3. The van der Waals surface area contributed by atoms with Gasteiger partial charge in [0, 0.05) is 33.7 Å². The van der Waals surface area contributed by atoms with Gasteiger partial charge in [-0.2, -0.15) is 11.8 Å². The predicted octanol–water partition coefficient (Wildman–Crippen LogP) is 5.77. The average molecular weight is 509 g/mol. The molecule has 3 aromatic rings. The number of carbonyl (C=O) groups excluding carboxylic acids is 1. The molecule has 32 heavy (non-hydrogen) atoms. The molecule has 0 unspecified atom stereocenters. The molecule has 0 atom stereocenters. The van der Waals surface area contributed by atoms with Crippen molar-refractivity contribution in [3.8, 4) is 0 Å². The van der Waals surface area contributed by atoms with Crippen LogP contribution in [0.4, 0.5) is 5.69 Å². The first-order valence-electron chi connectivity index (χ1n) is 9.75. The Bertz CT molecular complexity index is 1200. The van der Waals surface area contributed by atoms with E-state index in [-0.39, 0.29) is 10.8 Å². The maximum Gasteiger partial charge on any atom is 0.261 e. The lowest BCUT2D eigenvalue weighted by Crippen LogP contribution is -2.27. The lowest BCUT2D eigenvalue weighted by Gasteiger charge is -2.14. The molecule has 0 radical (unpaired) electrons. The maximum atomic E-state index is 12.6. The van der Waals surface area contributed by atoms with Gasteiger partial charge in [-0.25, -0.2) is 8.42 Å². The Labute approximate surface area is 202 Å². The topological polar surface area (TPSA) is 75.3 Å². The van der Waals surface area contributed by atoms with Crippen molar-refractivity contribution in [3.63, 3.8) is 0 Å². The van der Waals surface area contributed by atoms with Gasteiger partial charge in [-0.05, 0) is 54.4 Å². The number of carbonyl (C=O) groups is 1. The Morgan fingerprint density at radius 1 is 1.00 bits per heavy atom. The molecule has 3 aromatic carbocycles. The van der Waals surface area contributed by atoms with E-state index in [9.17, 15) is 13.2 Å². The number of amides is 1. The second-order valence-corrected chi connectivity index (χ2v) is 10.6. The molecule has 0 fully saturated rings. The molecule has 0 aromatic heterocycles. The van der Waals surface area contributed by atoms with Crippen LogP contribution in [0.2, 0.25) is 10.0 Å². The summed E-state index contributed by atoms with van der Waals surface area (Å²) >= 11 is 13.7. The summed E-state index contributed by atoms with van der Waals surface area (Å²) in [5.74, 6) is 1.15. The molecule has 2 N–H and O–H groups in total. The lowest BCUT2D eigenvalue weighted by atomic mass is 10.1. The number of thioether (sulfide) groups is 1. The van der Waals surface area contributed by atoms with Gasteiger partial charge < -0.3 is 5.32 Å². The normalized spacial score (nSPS) is 11.2. The zero-order valence-corrected chi connectivity index (χ0v) is 20.4. The van der Waals surface area contributed by atoms with Gasteiger partial charge in [0.25, 0.3) is 15.9 Å². The number of sulfonamides is 1. The molecular formula is C23H22Cl2N2O3S2. The molecule has 0 bridgehead atoms. The van der Waals surface area contributed by atoms with Crippen molar-refractivity contribution < 1.29 is 13.2 Å². The molecule has 168 valence electrons. The van der Waals surface area contributed by atoms with Crippen LogP contribution in [0.3, 0.4) is 0 Å². The van der Waals surface area contributed by atoms with E-state index in [1.807, 2.05) is 6.07 Å². The summed E-state index contributed by atoms with van der Waals surface area (Å²) in [5.41, 5.74) is 2.34. The van der Waals surface area contributed by atoms with Crippen LogP contribution >= 0.6 is 35.0 Å². The van der Waals surface area contributed by atoms with Crippen LogP contribution in [0.5, 0.6) is 0 Å². The zero-order chi connectivity index (χ0) is 23.1. The number of benzene rings is 3. The summed E-state index contributed by atoms with van der Waals surface area (Å²) in [4.78, 5) is 12.8. The third kappa shape index (κ3) is 6.42. The zero-order valence-electron chi connectivity index (χ0n) is 17.3. The number of rotatable bonds is 9. The van der Waals surface area contributed by atoms with E-state index >= 15 is 0 Å². The number of hydrogen-bond donors (Lipinski definition) is 2. The summed E-state index contributed by atoms with van der Waals surface area (Å²) in [5, 5.41) is 4.10. The van der Waals surface area contributed by atoms with Gasteiger partial charge in [-0.1, -0.05) is 53.5 Å². The van der Waals surface area contributed by atoms with Crippen molar-refractivity contribution in [1.82, 2.24) is 5.32 Å². The van der Waals surface area contributed by atoms with E-state index in [1.165, 1.54) is 12.1 Å². The van der Waals surface area contributed by atoms with E-state index < -0.39 is 10.0 Å². The summed E-state index contributed by atoms with van der Waals surface area (Å²) in [6.45, 7) is 2.18. The lowest BCUT2D eigenvalue weighted by molar-refractivity contribution is 0.0955. The largest absolute Gasteiger partial charge is 0.351 e. The quantitative estimate of drug-likeness (QED) is 0.360. The van der Waals surface area contributed by atoms with Crippen LogP contribution in [0.25, 0.3) is 0 Å². The fourth-order valence-electron chi connectivity index (χ4n) is 2.95. The van der Waals surface area contributed by atoms with Crippen LogP contribution in [-0.2, 0) is 15.8 Å². The number of hydrogen-bond acceptors (Lipinski definition) is 4. The van der Waals surface area contributed by atoms with Crippen molar-refractivity contribution in [2.75, 3.05) is 17.0 Å². The molecule has 0 heterocycles. The number of nitrogens with one attached hydrogen (secondary N) is 2. The van der Waals surface area contributed by atoms with Gasteiger partial charge in [0.1, 0.15) is 0 Å². The molecule has 0 saturated heterocycles. The van der Waals surface area contributed by atoms with Crippen LogP contribution in [0, 0.1) is 6.92 Å². The smallest absolute Gasteiger partial charge is 0.261 e. The highest BCUT2D eigenvalue weighted by molar-refractivity contribution is 7.98. The number of halogens is 2. The molecule has 3 rings (SSSR count). The van der Waals surface area contributed by atoms with Crippen molar-refractivity contribution in [3.05, 3.63) is 93.5 Å². The standard InChI is InChI=1S/C23H22Cl2N2O3S2/c1-16-20(8-5-9-22(16)27-32(29,30)19-6-3-2-4-7-19)23(28)26-12-13-31-15-17-10-11-18(24)14-21(17)25/h2-11,14,27H,12-13,15H2,1H3,(H,26,28). The van der Waals surface area contributed by atoms with Crippen molar-refractivity contribution in [2.45, 2.75) is 17.6 Å². The Morgan fingerprint density at radius 2 is 1.75 bits per heavy atom. The highest BCUT2D eigenvalue weighted by Gasteiger charge is 2.17. The van der Waals surface area contributed by atoms with Gasteiger partial charge in [0.2, 0.25) is 0 Å². The fourth-order valence-corrected chi connectivity index (χ4v) is 5.51. The van der Waals surface area contributed by atoms with E-state index in [0.29, 0.717) is 44.9 Å². The molecule has 9 heteroatoms. The molecule has 0 aliphatic rings. The third-order valence-corrected chi connectivity index (χ3v) is 7.66. The van der Waals surface area contributed by atoms with Gasteiger partial charge in [-0.15, -0.1) is 0 Å². The Kier molecular flexibility index (Phi) is 8.48. The minimum absolute atomic E-state index is 0.159. The molecule has 0 spiro atoms.